The van der Waals surface area contributed by atoms with Gasteiger partial charge in [0, 0.05) is 25.2 Å². The Morgan fingerprint density at radius 3 is 2.69 bits per heavy atom. The molecule has 2 aliphatic rings. The van der Waals surface area contributed by atoms with Gasteiger partial charge in [0.05, 0.1) is 0 Å². The van der Waals surface area contributed by atoms with E-state index in [1.165, 1.54) is 13.0 Å². The molecule has 6 heteroatoms. The summed E-state index contributed by atoms with van der Waals surface area (Å²) in [4.78, 5) is 28.4. The van der Waals surface area contributed by atoms with Crippen molar-refractivity contribution in [3.63, 3.8) is 0 Å². The van der Waals surface area contributed by atoms with Crippen LogP contribution in [0.25, 0.3) is 0 Å². The summed E-state index contributed by atoms with van der Waals surface area (Å²) in [5, 5.41) is 3.11. The first-order chi connectivity index (χ1) is 12.6. The van der Waals surface area contributed by atoms with E-state index in [9.17, 15) is 9.59 Å². The van der Waals surface area contributed by atoms with E-state index in [-0.39, 0.29) is 6.03 Å². The quantitative estimate of drug-likeness (QED) is 0.845. The van der Waals surface area contributed by atoms with E-state index in [1.54, 1.807) is 6.07 Å². The van der Waals surface area contributed by atoms with Gasteiger partial charge in [-0.1, -0.05) is 19.1 Å². The lowest BCUT2D eigenvalue weighted by molar-refractivity contribution is 0.0998. The third-order valence-corrected chi connectivity index (χ3v) is 5.61. The summed E-state index contributed by atoms with van der Waals surface area (Å²) < 4.78 is 0. The van der Waals surface area contributed by atoms with Crippen LogP contribution in [-0.2, 0) is 13.0 Å². The topological polar surface area (TPSA) is 78.7 Å². The normalized spacial score (nSPS) is 18.4. The van der Waals surface area contributed by atoms with Gasteiger partial charge in [0.15, 0.2) is 0 Å². The fourth-order valence-electron chi connectivity index (χ4n) is 4.09. The summed E-state index contributed by atoms with van der Waals surface area (Å²) in [6.45, 7) is 7.59. The Balaban J connectivity index is 1.49. The molecule has 0 unspecified atom stereocenters. The van der Waals surface area contributed by atoms with Crippen molar-refractivity contribution in [3.05, 3.63) is 34.9 Å². The van der Waals surface area contributed by atoms with Gasteiger partial charge in [-0.2, -0.15) is 0 Å². The van der Waals surface area contributed by atoms with Gasteiger partial charge >= 0.3 is 6.03 Å². The molecule has 3 N–H and O–H groups in total. The van der Waals surface area contributed by atoms with Gasteiger partial charge in [-0.3, -0.25) is 4.79 Å². The van der Waals surface area contributed by atoms with E-state index >= 15 is 0 Å². The van der Waals surface area contributed by atoms with Crippen molar-refractivity contribution >= 4 is 11.9 Å². The molecule has 1 aromatic carbocycles. The number of rotatable bonds is 5. The number of urea groups is 1. The van der Waals surface area contributed by atoms with Gasteiger partial charge in [0.25, 0.3) is 0 Å². The number of hydrogen-bond acceptors (Lipinski definition) is 3. The Bertz CT molecular complexity index is 653. The predicted octanol–water partition coefficient (Wildman–Crippen LogP) is 1.98. The molecule has 0 atom stereocenters. The second kappa shape index (κ2) is 8.54. The number of nitrogens with zero attached hydrogens (tertiary/aromatic N) is 2. The lowest BCUT2D eigenvalue weighted by atomic mass is 9.94. The Kier molecular flexibility index (Phi) is 6.14. The van der Waals surface area contributed by atoms with Crippen molar-refractivity contribution in [2.75, 3.05) is 32.7 Å². The number of carbonyl (C=O) groups is 2. The molecule has 1 fully saturated rings. The Morgan fingerprint density at radius 1 is 1.23 bits per heavy atom. The zero-order chi connectivity index (χ0) is 18.5. The Morgan fingerprint density at radius 2 is 2.00 bits per heavy atom. The minimum absolute atomic E-state index is 0.00360. The minimum atomic E-state index is -0.394. The number of nitrogens with two attached hydrogens (primary N) is 1. The highest BCUT2D eigenvalue weighted by molar-refractivity contribution is 5.94. The number of hydrogen-bond donors (Lipinski definition) is 2. The molecule has 2 aliphatic heterocycles. The maximum atomic E-state index is 12.5. The van der Waals surface area contributed by atoms with E-state index in [4.69, 9.17) is 5.73 Å². The highest BCUT2D eigenvalue weighted by Crippen LogP contribution is 2.23. The second-order valence-electron chi connectivity index (χ2n) is 7.45. The summed E-state index contributed by atoms with van der Waals surface area (Å²) >= 11 is 0. The molecule has 1 aromatic rings. The van der Waals surface area contributed by atoms with Crippen LogP contribution < -0.4 is 11.1 Å². The number of likely N-dealkylation sites (tertiary alicyclic amines) is 1. The predicted molar refractivity (Wildman–Crippen MR) is 102 cm³/mol. The highest BCUT2D eigenvalue weighted by atomic mass is 16.2. The Hall–Kier alpha value is -2.08. The SMILES string of the molecule is CCCN1CCC(CNC(=O)N2CCc3c(cccc3C(N)=O)C2)CC1. The van der Waals surface area contributed by atoms with Crippen molar-refractivity contribution in [1.29, 1.82) is 0 Å². The molecule has 26 heavy (non-hydrogen) atoms. The van der Waals surface area contributed by atoms with Gasteiger partial charge in [-0.15, -0.1) is 0 Å². The molecule has 3 amide bonds. The van der Waals surface area contributed by atoms with E-state index < -0.39 is 5.91 Å². The average molecular weight is 358 g/mol. The van der Waals surface area contributed by atoms with Crippen LogP contribution in [0.1, 0.15) is 47.7 Å². The van der Waals surface area contributed by atoms with Crippen LogP contribution in [0.15, 0.2) is 18.2 Å². The molecule has 2 heterocycles. The molecule has 0 radical (unpaired) electrons. The monoisotopic (exact) mass is 358 g/mol. The van der Waals surface area contributed by atoms with E-state index in [0.717, 1.165) is 43.6 Å². The largest absolute Gasteiger partial charge is 0.366 e. The van der Waals surface area contributed by atoms with Crippen LogP contribution >= 0.6 is 0 Å². The molecule has 0 saturated carbocycles. The van der Waals surface area contributed by atoms with Crippen molar-refractivity contribution in [2.45, 2.75) is 39.2 Å². The molecular weight excluding hydrogens is 328 g/mol. The number of fused-ring (bicyclic) bond motifs is 1. The van der Waals surface area contributed by atoms with E-state index in [0.29, 0.717) is 31.0 Å². The smallest absolute Gasteiger partial charge is 0.317 e. The summed E-state index contributed by atoms with van der Waals surface area (Å²) in [6.07, 6.45) is 4.20. The van der Waals surface area contributed by atoms with Crippen LogP contribution in [0.4, 0.5) is 4.79 Å². The summed E-state index contributed by atoms with van der Waals surface area (Å²) in [6, 6.07) is 5.58. The Labute approximate surface area is 155 Å². The maximum Gasteiger partial charge on any atom is 0.317 e. The first-order valence-corrected chi connectivity index (χ1v) is 9.74. The number of nitrogens with one attached hydrogen (secondary N) is 1. The van der Waals surface area contributed by atoms with Gasteiger partial charge in [-0.05, 0) is 68.4 Å². The molecule has 0 aromatic heterocycles. The van der Waals surface area contributed by atoms with Crippen LogP contribution in [0, 0.1) is 5.92 Å². The van der Waals surface area contributed by atoms with Crippen LogP contribution in [0.2, 0.25) is 0 Å². The summed E-state index contributed by atoms with van der Waals surface area (Å²) in [5.74, 6) is 0.180. The van der Waals surface area contributed by atoms with Crippen molar-refractivity contribution in [1.82, 2.24) is 15.1 Å². The zero-order valence-electron chi connectivity index (χ0n) is 15.7. The van der Waals surface area contributed by atoms with E-state index in [2.05, 4.69) is 17.1 Å². The van der Waals surface area contributed by atoms with Gasteiger partial charge in [0.1, 0.15) is 0 Å². The summed E-state index contributed by atoms with van der Waals surface area (Å²) in [7, 11) is 0. The number of piperidine rings is 1. The molecule has 0 bridgehead atoms. The lowest BCUT2D eigenvalue weighted by Gasteiger charge is -2.33. The molecule has 1 saturated heterocycles. The number of primary amides is 1. The lowest BCUT2D eigenvalue weighted by Crippen LogP contribution is -2.46. The fourth-order valence-corrected chi connectivity index (χ4v) is 4.09. The first-order valence-electron chi connectivity index (χ1n) is 9.74. The molecular formula is C20H30N4O2. The van der Waals surface area contributed by atoms with Crippen LogP contribution in [0.5, 0.6) is 0 Å². The zero-order valence-corrected chi connectivity index (χ0v) is 15.7. The van der Waals surface area contributed by atoms with Crippen molar-refractivity contribution in [2.24, 2.45) is 11.7 Å². The molecule has 0 spiro atoms. The standard InChI is InChI=1S/C20H30N4O2/c1-2-9-23-10-6-15(7-11-23)13-22-20(26)24-12-8-17-16(14-24)4-3-5-18(17)19(21)25/h3-5,15H,2,6-14H2,1H3,(H2,21,25)(H,22,26). The molecule has 142 valence electrons. The van der Waals surface area contributed by atoms with Crippen molar-refractivity contribution in [3.8, 4) is 0 Å². The number of benzene rings is 1. The van der Waals surface area contributed by atoms with Gasteiger partial charge in [-0.25, -0.2) is 4.79 Å². The highest BCUT2D eigenvalue weighted by Gasteiger charge is 2.25. The average Bonchev–Trinajstić information content (AvgIpc) is 2.66. The van der Waals surface area contributed by atoms with Crippen LogP contribution in [-0.4, -0.2) is 54.5 Å². The second-order valence-corrected chi connectivity index (χ2v) is 7.45. The van der Waals surface area contributed by atoms with Gasteiger partial charge < -0.3 is 20.9 Å². The molecule has 0 aliphatic carbocycles. The van der Waals surface area contributed by atoms with E-state index in [1.807, 2.05) is 17.0 Å². The van der Waals surface area contributed by atoms with Gasteiger partial charge in [0.2, 0.25) is 5.91 Å². The third-order valence-electron chi connectivity index (χ3n) is 5.61. The molecule has 6 nitrogen and oxygen atoms in total. The fraction of sp³-hybridized carbons (Fsp3) is 0.600. The number of carbonyl (C=O) groups excluding carboxylic acids is 2. The minimum Gasteiger partial charge on any atom is -0.366 e. The van der Waals surface area contributed by atoms with Crippen molar-refractivity contribution < 1.29 is 9.59 Å². The maximum absolute atomic E-state index is 12.5. The summed E-state index contributed by atoms with van der Waals surface area (Å²) in [5.41, 5.74) is 8.06. The van der Waals surface area contributed by atoms with Crippen LogP contribution in [0.3, 0.4) is 0 Å². The molecule has 3 rings (SSSR count). The first kappa shape index (κ1) is 18.7. The third kappa shape index (κ3) is 4.36. The number of amides is 3.